The van der Waals surface area contributed by atoms with Gasteiger partial charge in [-0.3, -0.25) is 4.52 Å². The molecule has 0 bridgehead atoms. The Balaban J connectivity index is -0.0000000216. The molecule has 0 aliphatic carbocycles. The molecular formula is C2H13NNa4O7P2. The maximum Gasteiger partial charge on any atom is 1.00 e. The molecule has 0 aromatic heterocycles. The molecule has 0 aromatic rings. The van der Waals surface area contributed by atoms with Crippen LogP contribution in [-0.4, -0.2) is 20.9 Å². The molecule has 0 saturated carbocycles. The molecule has 14 heteroatoms. The van der Waals surface area contributed by atoms with Crippen molar-refractivity contribution in [3.63, 3.8) is 0 Å². The van der Waals surface area contributed by atoms with Crippen LogP contribution in [0.3, 0.4) is 0 Å². The van der Waals surface area contributed by atoms with Gasteiger partial charge in [-0.05, 0) is 6.92 Å². The van der Waals surface area contributed by atoms with Gasteiger partial charge < -0.3 is 26.1 Å². The van der Waals surface area contributed by atoms with E-state index in [9.17, 15) is 9.13 Å². The van der Waals surface area contributed by atoms with E-state index in [0.717, 1.165) is 0 Å². The first-order valence-corrected chi connectivity index (χ1v) is 5.68. The van der Waals surface area contributed by atoms with Gasteiger partial charge in [0.1, 0.15) is 6.23 Å². The SMILES string of the molecule is CC(N)OP(=O)(O)OP(=O)(O)O.[H-].[H-].[H-].[H-].[Na+].[Na+].[Na+].[Na+]. The summed E-state index contributed by atoms with van der Waals surface area (Å²) in [6.07, 6.45) is -1.16. The van der Waals surface area contributed by atoms with Crippen LogP contribution in [0.15, 0.2) is 0 Å². The first kappa shape index (κ1) is 32.2. The molecule has 0 radical (unpaired) electrons. The van der Waals surface area contributed by atoms with E-state index in [-0.39, 0.29) is 124 Å². The Hall–Kier alpha value is 4.22. The Kier molecular flexibility index (Phi) is 28.6. The number of rotatable bonds is 4. The van der Waals surface area contributed by atoms with Crippen LogP contribution in [0.4, 0.5) is 0 Å². The van der Waals surface area contributed by atoms with Gasteiger partial charge in [-0.2, -0.15) is 4.31 Å². The summed E-state index contributed by atoms with van der Waals surface area (Å²) in [7, 11) is -9.80. The Morgan fingerprint density at radius 2 is 1.44 bits per heavy atom. The Morgan fingerprint density at radius 1 is 1.12 bits per heavy atom. The van der Waals surface area contributed by atoms with Crippen molar-refractivity contribution in [2.45, 2.75) is 13.2 Å². The van der Waals surface area contributed by atoms with E-state index in [2.05, 4.69) is 8.83 Å². The minimum absolute atomic E-state index is 0. The second-order valence-electron chi connectivity index (χ2n) is 1.85. The van der Waals surface area contributed by atoms with E-state index in [1.54, 1.807) is 0 Å². The maximum absolute atomic E-state index is 10.6. The summed E-state index contributed by atoms with van der Waals surface area (Å²) in [6.45, 7) is 1.20. The normalized spacial score (nSPS) is 15.1. The van der Waals surface area contributed by atoms with Gasteiger partial charge in [0.05, 0.1) is 0 Å². The van der Waals surface area contributed by atoms with Crippen LogP contribution >= 0.6 is 15.6 Å². The molecular weight excluding hydrogens is 304 g/mol. The van der Waals surface area contributed by atoms with E-state index in [0.29, 0.717) is 0 Å². The van der Waals surface area contributed by atoms with Gasteiger partial charge in [-0.1, -0.05) is 0 Å². The zero-order chi connectivity index (χ0) is 9.99. The molecule has 0 fully saturated rings. The van der Waals surface area contributed by atoms with Crippen LogP contribution < -0.4 is 124 Å². The van der Waals surface area contributed by atoms with Crippen molar-refractivity contribution in [1.29, 1.82) is 0 Å². The Labute approximate surface area is 188 Å². The smallest absolute Gasteiger partial charge is 1.00 e. The fourth-order valence-corrected chi connectivity index (χ4v) is 2.01. The van der Waals surface area contributed by atoms with Gasteiger partial charge >= 0.3 is 134 Å². The fourth-order valence-electron chi connectivity index (χ4n) is 0.364. The molecule has 8 nitrogen and oxygen atoms in total. The molecule has 0 amide bonds. The molecule has 16 heavy (non-hydrogen) atoms. The van der Waals surface area contributed by atoms with Crippen molar-refractivity contribution >= 4 is 15.6 Å². The quantitative estimate of drug-likeness (QED) is 0.228. The standard InChI is InChI=1S/C2H9NO7P2.4Na.4H/c1-2(3)9-12(7,8)10-11(4,5)6;;;;;;;;/h2H,3H2,1H3,(H,7,8)(H2,4,5,6);;;;;;;;/q;4*+1;4*-1. The topological polar surface area (TPSA) is 139 Å². The van der Waals surface area contributed by atoms with Crippen molar-refractivity contribution in [2.24, 2.45) is 5.73 Å². The van der Waals surface area contributed by atoms with Crippen LogP contribution in [0.1, 0.15) is 12.6 Å². The van der Waals surface area contributed by atoms with Gasteiger partial charge in [0.15, 0.2) is 0 Å². The van der Waals surface area contributed by atoms with Crippen molar-refractivity contribution < 1.29 is 157 Å². The van der Waals surface area contributed by atoms with Crippen LogP contribution in [0.25, 0.3) is 0 Å². The van der Waals surface area contributed by atoms with Crippen LogP contribution in [0.5, 0.6) is 0 Å². The molecule has 5 N–H and O–H groups in total. The molecule has 0 aromatic carbocycles. The number of hydrogen-bond acceptors (Lipinski definition) is 5. The average Bonchev–Trinajstić information content (AvgIpc) is 1.48. The summed E-state index contributed by atoms with van der Waals surface area (Å²) in [5.74, 6) is 0. The van der Waals surface area contributed by atoms with Crippen LogP contribution in [0, 0.1) is 0 Å². The average molecular weight is 317 g/mol. The molecule has 0 heterocycles. The molecule has 2 atom stereocenters. The Bertz CT molecular complexity index is 259. The van der Waals surface area contributed by atoms with E-state index in [1.807, 2.05) is 0 Å². The summed E-state index contributed by atoms with van der Waals surface area (Å²) >= 11 is 0. The van der Waals surface area contributed by atoms with Crippen LogP contribution in [0.2, 0.25) is 0 Å². The predicted molar refractivity (Wildman–Crippen MR) is 42.1 cm³/mol. The van der Waals surface area contributed by atoms with Gasteiger partial charge in [-0.25, -0.2) is 9.13 Å². The van der Waals surface area contributed by atoms with Gasteiger partial charge in [0.2, 0.25) is 0 Å². The maximum atomic E-state index is 10.6. The monoisotopic (exact) mass is 317 g/mol. The number of phosphoric acid groups is 2. The van der Waals surface area contributed by atoms with E-state index in [4.69, 9.17) is 20.4 Å². The molecule has 0 saturated heterocycles. The zero-order valence-electron chi connectivity index (χ0n) is 14.0. The zero-order valence-corrected chi connectivity index (χ0v) is 19.8. The molecule has 0 aliphatic rings. The van der Waals surface area contributed by atoms with Crippen molar-refractivity contribution in [3.05, 3.63) is 0 Å². The third kappa shape index (κ3) is 23.3. The molecule has 0 spiro atoms. The van der Waals surface area contributed by atoms with Crippen molar-refractivity contribution in [2.75, 3.05) is 0 Å². The number of hydrogen-bond donors (Lipinski definition) is 4. The summed E-state index contributed by atoms with van der Waals surface area (Å²) in [4.78, 5) is 24.8. The summed E-state index contributed by atoms with van der Waals surface area (Å²) in [6, 6.07) is 0. The van der Waals surface area contributed by atoms with E-state index >= 15 is 0 Å². The van der Waals surface area contributed by atoms with Gasteiger partial charge in [-0.15, -0.1) is 0 Å². The first-order valence-electron chi connectivity index (χ1n) is 2.66. The number of phosphoric ester groups is 1. The third-order valence-corrected chi connectivity index (χ3v) is 2.78. The summed E-state index contributed by atoms with van der Waals surface area (Å²) < 4.78 is 28.0. The largest absolute Gasteiger partial charge is 1.00 e. The summed E-state index contributed by atoms with van der Waals surface area (Å²) in [5, 5.41) is 0. The second-order valence-corrected chi connectivity index (χ2v) is 4.63. The number of nitrogens with two attached hydrogens (primary N) is 1. The first-order chi connectivity index (χ1) is 5.12. The van der Waals surface area contributed by atoms with E-state index < -0.39 is 21.9 Å². The molecule has 0 aliphatic heterocycles. The molecule has 82 valence electrons. The minimum Gasteiger partial charge on any atom is -1.00 e. The third-order valence-electron chi connectivity index (χ3n) is 0.509. The predicted octanol–water partition coefficient (Wildman–Crippen LogP) is -12.0. The summed E-state index contributed by atoms with van der Waals surface area (Å²) in [5.41, 5.74) is 4.91. The Morgan fingerprint density at radius 3 is 1.62 bits per heavy atom. The van der Waals surface area contributed by atoms with Crippen LogP contribution in [-0.2, 0) is 18.0 Å². The van der Waals surface area contributed by atoms with Crippen molar-refractivity contribution in [3.8, 4) is 0 Å². The van der Waals surface area contributed by atoms with Gasteiger partial charge in [0.25, 0.3) is 0 Å². The molecule has 2 unspecified atom stereocenters. The van der Waals surface area contributed by atoms with Crippen molar-refractivity contribution in [1.82, 2.24) is 0 Å². The molecule has 0 rings (SSSR count). The van der Waals surface area contributed by atoms with E-state index in [1.165, 1.54) is 6.92 Å². The minimum atomic E-state index is -5.04. The van der Waals surface area contributed by atoms with Gasteiger partial charge in [0, 0.05) is 0 Å². The second kappa shape index (κ2) is 14.2. The fraction of sp³-hybridized carbons (Fsp3) is 1.00.